The zero-order valence-corrected chi connectivity index (χ0v) is 13.0. The minimum absolute atomic E-state index is 0.0278. The molecular formula is C17H26N2O2. The number of hydrogen-bond acceptors (Lipinski definition) is 3. The Morgan fingerprint density at radius 1 is 1.14 bits per heavy atom. The highest BCUT2D eigenvalue weighted by Crippen LogP contribution is 2.22. The number of rotatable bonds is 5. The van der Waals surface area contributed by atoms with E-state index in [1.165, 1.54) is 0 Å². The molecule has 0 radical (unpaired) electrons. The number of benzene rings is 1. The number of nitrogens with zero attached hydrogens (tertiary/aromatic N) is 2. The van der Waals surface area contributed by atoms with Crippen molar-refractivity contribution in [3.05, 3.63) is 35.9 Å². The molecule has 1 atom stereocenters. The lowest BCUT2D eigenvalue weighted by Crippen LogP contribution is -2.38. The number of aliphatic hydroxyl groups is 1. The van der Waals surface area contributed by atoms with Crippen LogP contribution in [0.2, 0.25) is 0 Å². The first kappa shape index (κ1) is 16.0. The molecule has 0 spiro atoms. The van der Waals surface area contributed by atoms with E-state index < -0.39 is 0 Å². The van der Waals surface area contributed by atoms with Gasteiger partial charge in [-0.05, 0) is 11.5 Å². The topological polar surface area (TPSA) is 43.8 Å². The maximum atomic E-state index is 12.4. The largest absolute Gasteiger partial charge is 0.394 e. The van der Waals surface area contributed by atoms with Crippen LogP contribution >= 0.6 is 0 Å². The molecule has 1 saturated heterocycles. The van der Waals surface area contributed by atoms with Crippen LogP contribution in [0.15, 0.2) is 30.3 Å². The number of carbonyl (C=O) groups is 1. The van der Waals surface area contributed by atoms with Gasteiger partial charge >= 0.3 is 0 Å². The number of hydrogen-bond donors (Lipinski definition) is 1. The molecule has 0 saturated carbocycles. The summed E-state index contributed by atoms with van der Waals surface area (Å²) in [5, 5.41) is 9.75. The van der Waals surface area contributed by atoms with Crippen LogP contribution in [0.25, 0.3) is 0 Å². The standard InChI is InChI=1S/C17H26N2O2/c1-14(2)12-18-9-8-17(21)19(11-10-18)16(13-20)15-6-4-3-5-7-15/h3-7,14,16,20H,8-13H2,1-2H3/t16-/m1/s1. The highest BCUT2D eigenvalue weighted by Gasteiger charge is 2.27. The molecule has 1 N–H and O–H groups in total. The number of carbonyl (C=O) groups excluding carboxylic acids is 1. The summed E-state index contributed by atoms with van der Waals surface area (Å²) in [6.07, 6.45) is 0.538. The van der Waals surface area contributed by atoms with Crippen molar-refractivity contribution >= 4 is 5.91 Å². The van der Waals surface area contributed by atoms with Crippen LogP contribution in [-0.2, 0) is 4.79 Å². The van der Waals surface area contributed by atoms with Crippen LogP contribution in [0, 0.1) is 5.92 Å². The number of aliphatic hydroxyl groups excluding tert-OH is 1. The molecule has 0 unspecified atom stereocenters. The van der Waals surface area contributed by atoms with E-state index in [4.69, 9.17) is 0 Å². The molecule has 0 aromatic heterocycles. The second kappa shape index (κ2) is 7.57. The van der Waals surface area contributed by atoms with Crippen molar-refractivity contribution in [3.63, 3.8) is 0 Å². The van der Waals surface area contributed by atoms with E-state index in [2.05, 4.69) is 18.7 Å². The Morgan fingerprint density at radius 2 is 1.86 bits per heavy atom. The first-order valence-corrected chi connectivity index (χ1v) is 7.79. The summed E-state index contributed by atoms with van der Waals surface area (Å²) in [5.41, 5.74) is 1.01. The molecule has 0 bridgehead atoms. The molecule has 1 heterocycles. The predicted octanol–water partition coefficient (Wildman–Crippen LogP) is 1.91. The first-order chi connectivity index (χ1) is 10.1. The van der Waals surface area contributed by atoms with Gasteiger partial charge in [0.25, 0.3) is 0 Å². The lowest BCUT2D eigenvalue weighted by molar-refractivity contribution is -0.133. The predicted molar refractivity (Wildman–Crippen MR) is 83.9 cm³/mol. The van der Waals surface area contributed by atoms with E-state index in [1.807, 2.05) is 35.2 Å². The summed E-state index contributed by atoms with van der Waals surface area (Å²) in [4.78, 5) is 16.6. The summed E-state index contributed by atoms with van der Waals surface area (Å²) in [7, 11) is 0. The quantitative estimate of drug-likeness (QED) is 0.901. The van der Waals surface area contributed by atoms with Crippen LogP contribution < -0.4 is 0 Å². The van der Waals surface area contributed by atoms with E-state index >= 15 is 0 Å². The van der Waals surface area contributed by atoms with Gasteiger partial charge < -0.3 is 14.9 Å². The van der Waals surface area contributed by atoms with Crippen LogP contribution in [0.3, 0.4) is 0 Å². The molecule has 1 aromatic carbocycles. The molecule has 4 heteroatoms. The Hall–Kier alpha value is -1.39. The van der Waals surface area contributed by atoms with Gasteiger partial charge in [-0.1, -0.05) is 44.2 Å². The van der Waals surface area contributed by atoms with Gasteiger partial charge in [-0.25, -0.2) is 0 Å². The SMILES string of the molecule is CC(C)CN1CCC(=O)N([C@H](CO)c2ccccc2)CC1. The third-order valence-corrected chi connectivity index (χ3v) is 3.98. The molecule has 1 fully saturated rings. The van der Waals surface area contributed by atoms with Gasteiger partial charge in [-0.2, -0.15) is 0 Å². The number of amides is 1. The van der Waals surface area contributed by atoms with Crippen LogP contribution in [0.4, 0.5) is 0 Å². The van der Waals surface area contributed by atoms with E-state index in [-0.39, 0.29) is 18.6 Å². The van der Waals surface area contributed by atoms with E-state index in [0.717, 1.165) is 25.2 Å². The van der Waals surface area contributed by atoms with Crippen molar-refractivity contribution in [2.45, 2.75) is 26.3 Å². The van der Waals surface area contributed by atoms with Crippen molar-refractivity contribution in [3.8, 4) is 0 Å². The van der Waals surface area contributed by atoms with Crippen molar-refractivity contribution in [1.29, 1.82) is 0 Å². The van der Waals surface area contributed by atoms with Crippen molar-refractivity contribution in [1.82, 2.24) is 9.80 Å². The fourth-order valence-electron chi connectivity index (χ4n) is 2.97. The monoisotopic (exact) mass is 290 g/mol. The molecule has 4 nitrogen and oxygen atoms in total. The fourth-order valence-corrected chi connectivity index (χ4v) is 2.97. The van der Waals surface area contributed by atoms with Crippen LogP contribution in [0.5, 0.6) is 0 Å². The highest BCUT2D eigenvalue weighted by atomic mass is 16.3. The van der Waals surface area contributed by atoms with Crippen molar-refractivity contribution < 1.29 is 9.90 Å². The maximum Gasteiger partial charge on any atom is 0.224 e. The van der Waals surface area contributed by atoms with Gasteiger partial charge in [0.15, 0.2) is 0 Å². The molecule has 1 amide bonds. The second-order valence-electron chi connectivity index (χ2n) is 6.14. The van der Waals surface area contributed by atoms with Crippen LogP contribution in [-0.4, -0.2) is 53.6 Å². The van der Waals surface area contributed by atoms with E-state index in [9.17, 15) is 9.90 Å². The molecular weight excluding hydrogens is 264 g/mol. The van der Waals surface area contributed by atoms with Crippen molar-refractivity contribution in [2.75, 3.05) is 32.8 Å². The summed E-state index contributed by atoms with van der Waals surface area (Å²) in [5.74, 6) is 0.749. The van der Waals surface area contributed by atoms with Gasteiger partial charge in [0, 0.05) is 32.6 Å². The third-order valence-electron chi connectivity index (χ3n) is 3.98. The molecule has 21 heavy (non-hydrogen) atoms. The minimum Gasteiger partial charge on any atom is -0.394 e. The second-order valence-corrected chi connectivity index (χ2v) is 6.14. The Bertz CT molecular complexity index is 447. The normalized spacial score (nSPS) is 18.9. The smallest absolute Gasteiger partial charge is 0.224 e. The summed E-state index contributed by atoms with van der Waals surface area (Å²) in [6, 6.07) is 9.58. The van der Waals surface area contributed by atoms with Gasteiger partial charge in [-0.15, -0.1) is 0 Å². The fraction of sp³-hybridized carbons (Fsp3) is 0.588. The molecule has 116 valence electrons. The van der Waals surface area contributed by atoms with Crippen LogP contribution in [0.1, 0.15) is 31.9 Å². The Balaban J connectivity index is 2.09. The molecule has 2 rings (SSSR count). The minimum atomic E-state index is -0.224. The molecule has 1 aromatic rings. The lowest BCUT2D eigenvalue weighted by atomic mass is 10.1. The average Bonchev–Trinajstić information content (AvgIpc) is 2.64. The molecule has 1 aliphatic heterocycles. The third kappa shape index (κ3) is 4.29. The molecule has 1 aliphatic rings. The molecule has 0 aliphatic carbocycles. The highest BCUT2D eigenvalue weighted by molar-refractivity contribution is 5.77. The zero-order chi connectivity index (χ0) is 15.2. The summed E-state index contributed by atoms with van der Waals surface area (Å²) < 4.78 is 0. The van der Waals surface area contributed by atoms with Gasteiger partial charge in [0.1, 0.15) is 0 Å². The average molecular weight is 290 g/mol. The summed E-state index contributed by atoms with van der Waals surface area (Å²) >= 11 is 0. The van der Waals surface area contributed by atoms with Gasteiger partial charge in [-0.3, -0.25) is 4.79 Å². The Labute approximate surface area is 127 Å². The summed E-state index contributed by atoms with van der Waals surface area (Å²) in [6.45, 7) is 7.78. The lowest BCUT2D eigenvalue weighted by Gasteiger charge is -2.30. The first-order valence-electron chi connectivity index (χ1n) is 7.79. The maximum absolute atomic E-state index is 12.4. The zero-order valence-electron chi connectivity index (χ0n) is 13.0. The van der Waals surface area contributed by atoms with E-state index in [0.29, 0.717) is 18.9 Å². The van der Waals surface area contributed by atoms with Gasteiger partial charge in [0.2, 0.25) is 5.91 Å². The van der Waals surface area contributed by atoms with Crippen molar-refractivity contribution in [2.24, 2.45) is 5.92 Å². The Kier molecular flexibility index (Phi) is 5.76. The van der Waals surface area contributed by atoms with Gasteiger partial charge in [0.05, 0.1) is 12.6 Å². The Morgan fingerprint density at radius 3 is 2.48 bits per heavy atom. The van der Waals surface area contributed by atoms with E-state index in [1.54, 1.807) is 0 Å².